The minimum Gasteiger partial charge on any atom is -0.362 e. The standard InChI is InChI=1S/C20H27ClFN5/c1-20(2,16-9-8-15(22)11-17(16)21)13-26-19(23-3)25-12-14-7-6-10-24-18(14)27(4)5/h6-11H,12-13H2,1-5H3,(H2,23,25,26). The van der Waals surface area contributed by atoms with Crippen molar-refractivity contribution < 1.29 is 4.39 Å². The first-order chi connectivity index (χ1) is 12.7. The second-order valence-corrected chi connectivity index (χ2v) is 7.58. The number of aromatic nitrogens is 1. The SMILES string of the molecule is CN=C(NCc1cccnc1N(C)C)NCC(C)(C)c1ccc(F)cc1Cl. The van der Waals surface area contributed by atoms with Crippen molar-refractivity contribution in [3.8, 4) is 0 Å². The van der Waals surface area contributed by atoms with Gasteiger partial charge in [0.1, 0.15) is 11.6 Å². The van der Waals surface area contributed by atoms with Gasteiger partial charge >= 0.3 is 0 Å². The average molecular weight is 392 g/mol. The molecule has 2 aromatic rings. The van der Waals surface area contributed by atoms with Crippen molar-refractivity contribution >= 4 is 23.4 Å². The lowest BCUT2D eigenvalue weighted by atomic mass is 9.84. The number of hydrogen-bond acceptors (Lipinski definition) is 3. The zero-order valence-corrected chi connectivity index (χ0v) is 17.2. The van der Waals surface area contributed by atoms with Gasteiger partial charge in [0, 0.05) is 56.4 Å². The number of aliphatic imine (C=N–C) groups is 1. The molecule has 0 saturated carbocycles. The molecule has 0 unspecified atom stereocenters. The molecule has 0 fully saturated rings. The molecule has 7 heteroatoms. The summed E-state index contributed by atoms with van der Waals surface area (Å²) in [6.45, 7) is 5.29. The van der Waals surface area contributed by atoms with E-state index in [1.807, 2.05) is 31.1 Å². The number of halogens is 2. The molecule has 1 aromatic heterocycles. The van der Waals surface area contributed by atoms with Crippen molar-refractivity contribution in [1.82, 2.24) is 15.6 Å². The summed E-state index contributed by atoms with van der Waals surface area (Å²) in [7, 11) is 5.66. The fourth-order valence-corrected chi connectivity index (χ4v) is 3.23. The molecule has 0 spiro atoms. The van der Waals surface area contributed by atoms with Crippen molar-refractivity contribution in [2.45, 2.75) is 25.8 Å². The Kier molecular flexibility index (Phi) is 7.02. The molecule has 146 valence electrons. The van der Waals surface area contributed by atoms with Gasteiger partial charge in [-0.3, -0.25) is 4.99 Å². The van der Waals surface area contributed by atoms with E-state index in [4.69, 9.17) is 11.6 Å². The Bertz CT molecular complexity index is 805. The van der Waals surface area contributed by atoms with E-state index in [-0.39, 0.29) is 11.2 Å². The van der Waals surface area contributed by atoms with Gasteiger partial charge in [0.05, 0.1) is 0 Å². The summed E-state index contributed by atoms with van der Waals surface area (Å²) in [4.78, 5) is 10.7. The highest BCUT2D eigenvalue weighted by Crippen LogP contribution is 2.29. The van der Waals surface area contributed by atoms with E-state index >= 15 is 0 Å². The molecule has 0 bridgehead atoms. The van der Waals surface area contributed by atoms with Gasteiger partial charge in [-0.05, 0) is 23.8 Å². The van der Waals surface area contributed by atoms with E-state index in [1.165, 1.54) is 12.1 Å². The molecule has 0 saturated heterocycles. The molecule has 0 aliphatic carbocycles. The molecular weight excluding hydrogens is 365 g/mol. The lowest BCUT2D eigenvalue weighted by Crippen LogP contribution is -2.43. The van der Waals surface area contributed by atoms with E-state index in [2.05, 4.69) is 34.5 Å². The zero-order chi connectivity index (χ0) is 20.0. The van der Waals surface area contributed by atoms with Crippen LogP contribution in [-0.2, 0) is 12.0 Å². The van der Waals surface area contributed by atoms with Crippen LogP contribution in [0.4, 0.5) is 10.2 Å². The molecule has 5 nitrogen and oxygen atoms in total. The van der Waals surface area contributed by atoms with E-state index in [0.29, 0.717) is 24.1 Å². The molecule has 2 N–H and O–H groups in total. The van der Waals surface area contributed by atoms with Crippen molar-refractivity contribution in [2.75, 3.05) is 32.6 Å². The molecule has 0 amide bonds. The smallest absolute Gasteiger partial charge is 0.191 e. The summed E-state index contributed by atoms with van der Waals surface area (Å²) in [5.41, 5.74) is 1.66. The largest absolute Gasteiger partial charge is 0.362 e. The van der Waals surface area contributed by atoms with Crippen LogP contribution in [0.1, 0.15) is 25.0 Å². The number of nitrogens with one attached hydrogen (secondary N) is 2. The predicted octanol–water partition coefficient (Wildman–Crippen LogP) is 3.58. The number of hydrogen-bond donors (Lipinski definition) is 2. The summed E-state index contributed by atoms with van der Waals surface area (Å²) in [6.07, 6.45) is 1.78. The highest BCUT2D eigenvalue weighted by molar-refractivity contribution is 6.31. The molecule has 0 aliphatic heterocycles. The Balaban J connectivity index is 2.01. The molecule has 0 radical (unpaired) electrons. The first-order valence-corrected chi connectivity index (χ1v) is 9.13. The summed E-state index contributed by atoms with van der Waals surface area (Å²) < 4.78 is 13.3. The van der Waals surface area contributed by atoms with Gasteiger partial charge in [0.15, 0.2) is 5.96 Å². The fourth-order valence-electron chi connectivity index (χ4n) is 2.81. The van der Waals surface area contributed by atoms with Crippen LogP contribution in [0.2, 0.25) is 5.02 Å². The number of benzene rings is 1. The monoisotopic (exact) mass is 391 g/mol. The second kappa shape index (κ2) is 9.04. The predicted molar refractivity (Wildman–Crippen MR) is 111 cm³/mol. The van der Waals surface area contributed by atoms with Crippen LogP contribution in [0.3, 0.4) is 0 Å². The maximum Gasteiger partial charge on any atom is 0.191 e. The zero-order valence-electron chi connectivity index (χ0n) is 16.5. The van der Waals surface area contributed by atoms with Crippen LogP contribution in [0.25, 0.3) is 0 Å². The van der Waals surface area contributed by atoms with Gasteiger partial charge in [0.25, 0.3) is 0 Å². The van der Waals surface area contributed by atoms with Gasteiger partial charge in [-0.15, -0.1) is 0 Å². The average Bonchev–Trinajstić information content (AvgIpc) is 2.61. The van der Waals surface area contributed by atoms with Crippen molar-refractivity contribution in [3.05, 3.63) is 58.5 Å². The minimum absolute atomic E-state index is 0.300. The molecule has 0 aliphatic rings. The van der Waals surface area contributed by atoms with Crippen molar-refractivity contribution in [2.24, 2.45) is 4.99 Å². The van der Waals surface area contributed by atoms with Gasteiger partial charge in [-0.25, -0.2) is 9.37 Å². The van der Waals surface area contributed by atoms with Gasteiger partial charge < -0.3 is 15.5 Å². The topological polar surface area (TPSA) is 52.6 Å². The number of pyridine rings is 1. The van der Waals surface area contributed by atoms with E-state index < -0.39 is 0 Å². The van der Waals surface area contributed by atoms with Crippen LogP contribution in [0, 0.1) is 5.82 Å². The van der Waals surface area contributed by atoms with Crippen LogP contribution in [0.5, 0.6) is 0 Å². The van der Waals surface area contributed by atoms with Gasteiger partial charge in [-0.1, -0.05) is 37.6 Å². The Morgan fingerprint density at radius 3 is 2.63 bits per heavy atom. The molecule has 0 atom stereocenters. The third-order valence-corrected chi connectivity index (χ3v) is 4.63. The normalized spacial score (nSPS) is 12.0. The third-order valence-electron chi connectivity index (χ3n) is 4.32. The number of guanidine groups is 1. The quantitative estimate of drug-likeness (QED) is 0.583. The fraction of sp³-hybridized carbons (Fsp3) is 0.400. The lowest BCUT2D eigenvalue weighted by Gasteiger charge is -2.28. The van der Waals surface area contributed by atoms with Gasteiger partial charge in [0.2, 0.25) is 0 Å². The van der Waals surface area contributed by atoms with Crippen LogP contribution >= 0.6 is 11.6 Å². The molecule has 1 heterocycles. The maximum absolute atomic E-state index is 13.3. The Morgan fingerprint density at radius 2 is 2.00 bits per heavy atom. The highest BCUT2D eigenvalue weighted by atomic mass is 35.5. The summed E-state index contributed by atoms with van der Waals surface area (Å²) in [5.74, 6) is 1.26. The number of rotatable bonds is 6. The maximum atomic E-state index is 13.3. The van der Waals surface area contributed by atoms with E-state index in [9.17, 15) is 4.39 Å². The Morgan fingerprint density at radius 1 is 1.26 bits per heavy atom. The summed E-state index contributed by atoms with van der Waals surface area (Å²) in [6, 6.07) is 8.46. The molecular formula is C20H27ClFN5. The molecule has 2 rings (SSSR count). The third kappa shape index (κ3) is 5.57. The van der Waals surface area contributed by atoms with Crippen LogP contribution in [-0.4, -0.2) is 38.6 Å². The van der Waals surface area contributed by atoms with E-state index in [0.717, 1.165) is 16.9 Å². The molecule has 1 aromatic carbocycles. The summed E-state index contributed by atoms with van der Waals surface area (Å²) >= 11 is 6.23. The lowest BCUT2D eigenvalue weighted by molar-refractivity contribution is 0.507. The van der Waals surface area contributed by atoms with E-state index in [1.54, 1.807) is 19.3 Å². The first kappa shape index (κ1) is 21.0. The van der Waals surface area contributed by atoms with Gasteiger partial charge in [-0.2, -0.15) is 0 Å². The Labute approximate surface area is 165 Å². The molecule has 27 heavy (non-hydrogen) atoms. The second-order valence-electron chi connectivity index (χ2n) is 7.17. The van der Waals surface area contributed by atoms with Crippen LogP contribution in [0.15, 0.2) is 41.5 Å². The number of nitrogens with zero attached hydrogens (tertiary/aromatic N) is 3. The number of anilines is 1. The van der Waals surface area contributed by atoms with Crippen LogP contribution < -0.4 is 15.5 Å². The minimum atomic E-state index is -0.335. The van der Waals surface area contributed by atoms with Crippen molar-refractivity contribution in [1.29, 1.82) is 0 Å². The highest BCUT2D eigenvalue weighted by Gasteiger charge is 2.24. The van der Waals surface area contributed by atoms with Crippen molar-refractivity contribution in [3.63, 3.8) is 0 Å². The Hall–Kier alpha value is -2.34. The first-order valence-electron chi connectivity index (χ1n) is 8.76. The summed E-state index contributed by atoms with van der Waals surface area (Å²) in [5, 5.41) is 7.06.